The number of carbonyl (C=O) groups is 1. The van der Waals surface area contributed by atoms with Gasteiger partial charge in [0.1, 0.15) is 5.75 Å². The molecule has 1 fully saturated rings. The molecule has 0 radical (unpaired) electrons. The molecule has 2 aromatic rings. The molecule has 1 saturated heterocycles. The molecule has 4 rings (SSSR count). The fourth-order valence-corrected chi connectivity index (χ4v) is 7.16. The van der Waals surface area contributed by atoms with Gasteiger partial charge in [0.2, 0.25) is 0 Å². The first-order chi connectivity index (χ1) is 14.3. The van der Waals surface area contributed by atoms with E-state index in [0.29, 0.717) is 17.3 Å². The lowest BCUT2D eigenvalue weighted by Gasteiger charge is -2.12. The molecule has 30 heavy (non-hydrogen) atoms. The number of nitrogens with zero attached hydrogens (tertiary/aromatic N) is 1. The number of ether oxygens (including phenoxy) is 1. The predicted molar refractivity (Wildman–Crippen MR) is 120 cm³/mol. The number of methoxy groups -OCH3 is 1. The number of thioether (sulfide) groups is 1. The number of rotatable bonds is 5. The molecule has 0 spiro atoms. The second-order valence-corrected chi connectivity index (χ2v) is 10.8. The van der Waals surface area contributed by atoms with Crippen LogP contribution in [0.1, 0.15) is 21.5 Å². The van der Waals surface area contributed by atoms with Crippen LogP contribution in [0.2, 0.25) is 0 Å². The van der Waals surface area contributed by atoms with Crippen LogP contribution in [0.5, 0.6) is 5.75 Å². The van der Waals surface area contributed by atoms with E-state index in [2.05, 4.69) is 15.6 Å². The van der Waals surface area contributed by atoms with E-state index >= 15 is 0 Å². The zero-order valence-corrected chi connectivity index (χ0v) is 18.3. The Morgan fingerprint density at radius 2 is 2.07 bits per heavy atom. The molecule has 1 amide bonds. The molecule has 0 aromatic heterocycles. The Kier molecular flexibility index (Phi) is 5.75. The lowest BCUT2D eigenvalue weighted by molar-refractivity contribution is 0.0951. The van der Waals surface area contributed by atoms with E-state index in [1.54, 1.807) is 19.2 Å². The minimum absolute atomic E-state index is 0.0212. The van der Waals surface area contributed by atoms with Crippen molar-refractivity contribution in [3.8, 4) is 5.75 Å². The topological polar surface area (TPSA) is 96.9 Å². The van der Waals surface area contributed by atoms with E-state index < -0.39 is 9.84 Å². The Morgan fingerprint density at radius 3 is 2.83 bits per heavy atom. The van der Waals surface area contributed by atoms with E-state index in [9.17, 15) is 13.2 Å². The highest BCUT2D eigenvalue weighted by atomic mass is 32.2. The van der Waals surface area contributed by atoms with E-state index in [4.69, 9.17) is 4.74 Å². The van der Waals surface area contributed by atoms with E-state index in [-0.39, 0.29) is 28.7 Å². The van der Waals surface area contributed by atoms with Crippen LogP contribution in [0.15, 0.2) is 47.5 Å². The molecule has 158 valence electrons. The van der Waals surface area contributed by atoms with Gasteiger partial charge in [0, 0.05) is 23.0 Å². The van der Waals surface area contributed by atoms with Gasteiger partial charge in [-0.15, -0.1) is 0 Å². The number of amidine groups is 1. The smallest absolute Gasteiger partial charge is 0.251 e. The molecule has 7 nitrogen and oxygen atoms in total. The van der Waals surface area contributed by atoms with Crippen LogP contribution < -0.4 is 15.4 Å². The van der Waals surface area contributed by atoms with Crippen LogP contribution in [0.25, 0.3) is 0 Å². The van der Waals surface area contributed by atoms with Crippen molar-refractivity contribution in [3.63, 3.8) is 0 Å². The number of fused-ring (bicyclic) bond motifs is 1. The molecule has 2 aromatic carbocycles. The van der Waals surface area contributed by atoms with Crippen molar-refractivity contribution >= 4 is 38.4 Å². The minimum Gasteiger partial charge on any atom is -0.497 e. The number of benzene rings is 2. The number of aliphatic imine (C=N–C) groups is 1. The Labute approximate surface area is 180 Å². The maximum absolute atomic E-state index is 12.6. The highest BCUT2D eigenvalue weighted by molar-refractivity contribution is 8.15. The van der Waals surface area contributed by atoms with Crippen LogP contribution >= 0.6 is 11.8 Å². The zero-order valence-electron chi connectivity index (χ0n) is 16.7. The molecule has 0 unspecified atom stereocenters. The van der Waals surface area contributed by atoms with Crippen molar-refractivity contribution in [3.05, 3.63) is 59.2 Å². The van der Waals surface area contributed by atoms with Crippen molar-refractivity contribution in [2.24, 2.45) is 4.99 Å². The summed E-state index contributed by atoms with van der Waals surface area (Å²) in [6.07, 6.45) is 0. The average Bonchev–Trinajstić information content (AvgIpc) is 3.20. The normalized spacial score (nSPS) is 21.6. The first-order valence-corrected chi connectivity index (χ1v) is 12.3. The average molecular weight is 446 g/mol. The summed E-state index contributed by atoms with van der Waals surface area (Å²) in [5.41, 5.74) is 3.26. The molecular formula is C21H23N3O4S2. The summed E-state index contributed by atoms with van der Waals surface area (Å²) in [4.78, 5) is 17.2. The second kappa shape index (κ2) is 8.31. The summed E-state index contributed by atoms with van der Waals surface area (Å²) in [6.45, 7) is 2.35. The van der Waals surface area contributed by atoms with Crippen LogP contribution in [0, 0.1) is 6.92 Å². The van der Waals surface area contributed by atoms with E-state index in [0.717, 1.165) is 22.6 Å². The monoisotopic (exact) mass is 445 g/mol. The summed E-state index contributed by atoms with van der Waals surface area (Å²) in [6, 6.07) is 12.8. The van der Waals surface area contributed by atoms with Crippen molar-refractivity contribution in [1.29, 1.82) is 0 Å². The van der Waals surface area contributed by atoms with Crippen LogP contribution in [-0.4, -0.2) is 49.4 Å². The van der Waals surface area contributed by atoms with Crippen molar-refractivity contribution in [1.82, 2.24) is 5.32 Å². The van der Waals surface area contributed by atoms with Gasteiger partial charge in [-0.25, -0.2) is 8.42 Å². The van der Waals surface area contributed by atoms with Gasteiger partial charge in [-0.1, -0.05) is 30.0 Å². The molecule has 2 aliphatic rings. The maximum Gasteiger partial charge on any atom is 0.251 e. The predicted octanol–water partition coefficient (Wildman–Crippen LogP) is 2.61. The summed E-state index contributed by atoms with van der Waals surface area (Å²) in [5, 5.41) is 6.88. The Bertz CT molecular complexity index is 1110. The number of aryl methyl sites for hydroxylation is 1. The Morgan fingerprint density at radius 1 is 1.23 bits per heavy atom. The largest absolute Gasteiger partial charge is 0.497 e. The van der Waals surface area contributed by atoms with Gasteiger partial charge in [0.15, 0.2) is 15.0 Å². The highest BCUT2D eigenvalue weighted by Crippen LogP contribution is 2.35. The maximum atomic E-state index is 12.6. The lowest BCUT2D eigenvalue weighted by atomic mass is 10.1. The van der Waals surface area contributed by atoms with Crippen molar-refractivity contribution in [2.45, 2.75) is 24.8 Å². The van der Waals surface area contributed by atoms with Gasteiger partial charge in [-0.05, 0) is 42.3 Å². The zero-order chi connectivity index (χ0) is 21.3. The number of amides is 1. The second-order valence-electron chi connectivity index (χ2n) is 7.42. The molecule has 2 N–H and O–H groups in total. The molecule has 9 heteroatoms. The number of hydrogen-bond donors (Lipinski definition) is 2. The molecule has 0 aliphatic carbocycles. The summed E-state index contributed by atoms with van der Waals surface area (Å²) < 4.78 is 28.7. The number of hydrogen-bond acceptors (Lipinski definition) is 7. The van der Waals surface area contributed by atoms with Crippen LogP contribution in [0.3, 0.4) is 0 Å². The quantitative estimate of drug-likeness (QED) is 0.734. The van der Waals surface area contributed by atoms with Crippen molar-refractivity contribution < 1.29 is 17.9 Å². The Balaban J connectivity index is 1.42. The molecule has 0 bridgehead atoms. The van der Waals surface area contributed by atoms with Gasteiger partial charge in [0.05, 0.1) is 24.7 Å². The number of anilines is 1. The highest BCUT2D eigenvalue weighted by Gasteiger charge is 2.42. The molecule has 2 atom stereocenters. The van der Waals surface area contributed by atoms with Crippen LogP contribution in [0.4, 0.5) is 5.69 Å². The minimum atomic E-state index is -2.98. The fraction of sp³-hybridized carbons (Fsp3) is 0.333. The van der Waals surface area contributed by atoms with Gasteiger partial charge in [-0.2, -0.15) is 0 Å². The third-order valence-electron chi connectivity index (χ3n) is 5.15. The van der Waals surface area contributed by atoms with Gasteiger partial charge in [0.25, 0.3) is 5.91 Å². The molecule has 2 heterocycles. The summed E-state index contributed by atoms with van der Waals surface area (Å²) in [7, 11) is -1.37. The first-order valence-electron chi connectivity index (χ1n) is 9.57. The summed E-state index contributed by atoms with van der Waals surface area (Å²) in [5.74, 6) is 0.852. The first kappa shape index (κ1) is 20.7. The number of sulfone groups is 1. The SMILES string of the molecule is COc1cccc(CNC(=O)c2ccc(C)c(NC3=N[C@@H]4CS(=O)(=O)C[C@H]4S3)c2)c1. The molecule has 2 aliphatic heterocycles. The molecular weight excluding hydrogens is 422 g/mol. The van der Waals surface area contributed by atoms with Crippen molar-refractivity contribution in [2.75, 3.05) is 23.9 Å². The third kappa shape index (κ3) is 4.62. The van der Waals surface area contributed by atoms with Gasteiger partial charge < -0.3 is 15.4 Å². The Hall–Kier alpha value is -2.52. The molecule has 0 saturated carbocycles. The van der Waals surface area contributed by atoms with E-state index in [1.807, 2.05) is 37.3 Å². The van der Waals surface area contributed by atoms with Gasteiger partial charge in [-0.3, -0.25) is 9.79 Å². The number of carbonyl (C=O) groups excluding carboxylic acids is 1. The lowest BCUT2D eigenvalue weighted by Crippen LogP contribution is -2.23. The summed E-state index contributed by atoms with van der Waals surface area (Å²) >= 11 is 1.46. The third-order valence-corrected chi connectivity index (χ3v) is 8.29. The standard InChI is InChI=1S/C21H23N3O4S2/c1-13-6-7-15(20(25)22-10-14-4-3-5-16(8-14)28-2)9-17(13)23-21-24-18-11-30(26,27)12-19(18)29-21/h3-9,18-19H,10-12H2,1-2H3,(H,22,25)(H,23,24)/t18-,19-/m1/s1. The van der Waals surface area contributed by atoms with Crippen LogP contribution in [-0.2, 0) is 16.4 Å². The van der Waals surface area contributed by atoms with E-state index in [1.165, 1.54) is 11.8 Å². The fourth-order valence-electron chi connectivity index (χ4n) is 3.50. The number of nitrogens with one attached hydrogen (secondary N) is 2. The van der Waals surface area contributed by atoms with Gasteiger partial charge >= 0.3 is 0 Å².